The summed E-state index contributed by atoms with van der Waals surface area (Å²) in [6, 6.07) is 0. The number of imidazole rings is 1. The fourth-order valence-electron chi connectivity index (χ4n) is 1.23. The van der Waals surface area contributed by atoms with Crippen LogP contribution in [0.25, 0.3) is 0 Å². The van der Waals surface area contributed by atoms with Crippen LogP contribution in [0.2, 0.25) is 0 Å². The smallest absolute Gasteiger partial charge is 0.382 e. The molecule has 2 N–H and O–H groups in total. The van der Waals surface area contributed by atoms with Gasteiger partial charge in [-0.15, -0.1) is 0 Å². The lowest BCUT2D eigenvalue weighted by molar-refractivity contribution is -0.146. The van der Waals surface area contributed by atoms with E-state index in [0.717, 1.165) is 4.57 Å². The van der Waals surface area contributed by atoms with Gasteiger partial charge >= 0.3 is 6.18 Å². The highest BCUT2D eigenvalue weighted by Crippen LogP contribution is 2.30. The minimum Gasteiger partial charge on any atom is -0.382 e. The molecule has 1 heterocycles. The molecule has 0 fully saturated rings. The summed E-state index contributed by atoms with van der Waals surface area (Å²) >= 11 is 0. The van der Waals surface area contributed by atoms with Gasteiger partial charge in [-0.05, 0) is 6.42 Å². The summed E-state index contributed by atoms with van der Waals surface area (Å²) < 4.78 is 37.7. The average Bonchev–Trinajstić information content (AvgIpc) is 2.25. The summed E-state index contributed by atoms with van der Waals surface area (Å²) in [5, 5.41) is 0. The molecule has 3 nitrogen and oxygen atoms in total. The van der Waals surface area contributed by atoms with E-state index in [4.69, 9.17) is 5.73 Å². The summed E-state index contributed by atoms with van der Waals surface area (Å²) in [5.41, 5.74) is 5.73. The summed E-state index contributed by atoms with van der Waals surface area (Å²) in [5.74, 6) is -0.987. The molecule has 0 aliphatic heterocycles. The van der Waals surface area contributed by atoms with Crippen LogP contribution < -0.4 is 5.73 Å². The van der Waals surface area contributed by atoms with Crippen LogP contribution in [0, 0.1) is 0 Å². The molecule has 0 radical (unpaired) electrons. The monoisotopic (exact) mass is 193 g/mol. The Hall–Kier alpha value is -1.20. The molecule has 0 bridgehead atoms. The second kappa shape index (κ2) is 2.93. The Kier molecular flexibility index (Phi) is 2.23. The topological polar surface area (TPSA) is 43.8 Å². The third kappa shape index (κ3) is 1.61. The quantitative estimate of drug-likeness (QED) is 0.735. The molecule has 13 heavy (non-hydrogen) atoms. The van der Waals surface area contributed by atoms with Gasteiger partial charge in [0, 0.05) is 7.05 Å². The Balaban J connectivity index is 3.26. The summed E-state index contributed by atoms with van der Waals surface area (Å²) in [6.45, 7) is 1.73. The summed E-state index contributed by atoms with van der Waals surface area (Å²) in [4.78, 5) is 3.27. The molecule has 74 valence electrons. The predicted octanol–water partition coefficient (Wildman–Crippen LogP) is 1.58. The number of anilines is 1. The van der Waals surface area contributed by atoms with Gasteiger partial charge in [0.2, 0.25) is 5.82 Å². The number of hydrogen-bond donors (Lipinski definition) is 1. The van der Waals surface area contributed by atoms with Crippen molar-refractivity contribution in [1.29, 1.82) is 0 Å². The average molecular weight is 193 g/mol. The molecule has 0 atom stereocenters. The van der Waals surface area contributed by atoms with E-state index in [-0.39, 0.29) is 5.82 Å². The van der Waals surface area contributed by atoms with Gasteiger partial charge < -0.3 is 10.3 Å². The normalized spacial score (nSPS) is 12.1. The molecular formula is C7H10F3N3. The Morgan fingerprint density at radius 2 is 2.00 bits per heavy atom. The number of alkyl halides is 3. The van der Waals surface area contributed by atoms with E-state index < -0.39 is 12.0 Å². The highest BCUT2D eigenvalue weighted by atomic mass is 19.4. The van der Waals surface area contributed by atoms with Crippen molar-refractivity contribution in [3.05, 3.63) is 11.5 Å². The van der Waals surface area contributed by atoms with Crippen molar-refractivity contribution >= 4 is 5.82 Å². The molecule has 1 rings (SSSR count). The molecule has 6 heteroatoms. The minimum absolute atomic E-state index is 0.0441. The molecule has 0 saturated carbocycles. The van der Waals surface area contributed by atoms with Gasteiger partial charge in [0.05, 0.1) is 5.69 Å². The predicted molar refractivity (Wildman–Crippen MR) is 42.0 cm³/mol. The van der Waals surface area contributed by atoms with Crippen LogP contribution >= 0.6 is 0 Å². The summed E-state index contributed by atoms with van der Waals surface area (Å²) in [6.07, 6.45) is -4.00. The van der Waals surface area contributed by atoms with Crippen LogP contribution in [0.3, 0.4) is 0 Å². The lowest BCUT2D eigenvalue weighted by atomic mass is 10.3. The number of nitrogens with two attached hydrogens (primary N) is 1. The van der Waals surface area contributed by atoms with Crippen LogP contribution in [0.15, 0.2) is 0 Å². The number of halogens is 3. The zero-order chi connectivity index (χ0) is 10.2. The van der Waals surface area contributed by atoms with Crippen molar-refractivity contribution in [3.63, 3.8) is 0 Å². The number of rotatable bonds is 1. The fraction of sp³-hybridized carbons (Fsp3) is 0.571. The van der Waals surface area contributed by atoms with Gasteiger partial charge in [-0.2, -0.15) is 13.2 Å². The third-order valence-corrected chi connectivity index (χ3v) is 1.83. The molecule has 0 saturated heterocycles. The van der Waals surface area contributed by atoms with Crippen molar-refractivity contribution in [2.75, 3.05) is 5.73 Å². The van der Waals surface area contributed by atoms with Crippen LogP contribution in [0.4, 0.5) is 19.0 Å². The first-order valence-electron chi connectivity index (χ1n) is 3.76. The Morgan fingerprint density at radius 3 is 2.23 bits per heavy atom. The zero-order valence-electron chi connectivity index (χ0n) is 7.31. The number of aromatic nitrogens is 2. The van der Waals surface area contributed by atoms with E-state index in [1.54, 1.807) is 6.92 Å². The highest BCUT2D eigenvalue weighted by Gasteiger charge is 2.37. The number of nitrogens with zero attached hydrogens (tertiary/aromatic N) is 2. The van der Waals surface area contributed by atoms with Crippen molar-refractivity contribution in [2.24, 2.45) is 7.05 Å². The van der Waals surface area contributed by atoms with Crippen LogP contribution in [-0.4, -0.2) is 9.55 Å². The second-order valence-electron chi connectivity index (χ2n) is 2.68. The lowest BCUT2D eigenvalue weighted by Gasteiger charge is -2.06. The molecule has 0 aliphatic rings. The first kappa shape index (κ1) is 9.88. The first-order chi connectivity index (χ1) is 5.88. The largest absolute Gasteiger partial charge is 0.449 e. The van der Waals surface area contributed by atoms with Crippen molar-refractivity contribution < 1.29 is 13.2 Å². The van der Waals surface area contributed by atoms with Gasteiger partial charge in [0.1, 0.15) is 5.82 Å². The van der Waals surface area contributed by atoms with Crippen molar-refractivity contribution in [2.45, 2.75) is 19.5 Å². The molecule has 0 spiro atoms. The SMILES string of the molecule is CCc1c(N)nc(C(F)(F)F)n1C. The van der Waals surface area contributed by atoms with Gasteiger partial charge in [-0.1, -0.05) is 6.92 Å². The van der Waals surface area contributed by atoms with Gasteiger partial charge in [-0.3, -0.25) is 0 Å². The maximum absolute atomic E-state index is 12.2. The minimum atomic E-state index is -4.43. The maximum Gasteiger partial charge on any atom is 0.449 e. The van der Waals surface area contributed by atoms with E-state index in [1.165, 1.54) is 7.05 Å². The summed E-state index contributed by atoms with van der Waals surface area (Å²) in [7, 11) is 1.31. The van der Waals surface area contributed by atoms with E-state index in [0.29, 0.717) is 12.1 Å². The molecular weight excluding hydrogens is 183 g/mol. The van der Waals surface area contributed by atoms with E-state index in [9.17, 15) is 13.2 Å². The van der Waals surface area contributed by atoms with Crippen LogP contribution in [-0.2, 0) is 19.6 Å². The molecule has 0 aromatic carbocycles. The Bertz CT molecular complexity index is 314. The molecule has 0 amide bonds. The van der Waals surface area contributed by atoms with E-state index in [2.05, 4.69) is 4.98 Å². The molecule has 0 unspecified atom stereocenters. The Morgan fingerprint density at radius 1 is 1.46 bits per heavy atom. The van der Waals surface area contributed by atoms with Gasteiger partial charge in [0.15, 0.2) is 0 Å². The van der Waals surface area contributed by atoms with E-state index in [1.807, 2.05) is 0 Å². The number of nitrogen functional groups attached to an aromatic ring is 1. The Labute approximate surface area is 73.4 Å². The highest BCUT2D eigenvalue weighted by molar-refractivity contribution is 5.37. The van der Waals surface area contributed by atoms with E-state index >= 15 is 0 Å². The van der Waals surface area contributed by atoms with Crippen LogP contribution in [0.5, 0.6) is 0 Å². The molecule has 1 aromatic rings. The van der Waals surface area contributed by atoms with Crippen molar-refractivity contribution in [3.8, 4) is 0 Å². The first-order valence-corrected chi connectivity index (χ1v) is 3.76. The standard InChI is InChI=1S/C7H10F3N3/c1-3-4-5(11)12-6(13(4)2)7(8,9)10/h3,11H2,1-2H3. The van der Waals surface area contributed by atoms with Crippen LogP contribution in [0.1, 0.15) is 18.4 Å². The number of hydrogen-bond acceptors (Lipinski definition) is 2. The third-order valence-electron chi connectivity index (χ3n) is 1.83. The molecule has 1 aromatic heterocycles. The lowest BCUT2D eigenvalue weighted by Crippen LogP contribution is -2.13. The van der Waals surface area contributed by atoms with Gasteiger partial charge in [0.25, 0.3) is 0 Å². The van der Waals surface area contributed by atoms with Gasteiger partial charge in [-0.25, -0.2) is 4.98 Å². The molecule has 0 aliphatic carbocycles. The maximum atomic E-state index is 12.2. The second-order valence-corrected chi connectivity index (χ2v) is 2.68. The zero-order valence-corrected chi connectivity index (χ0v) is 7.31. The van der Waals surface area contributed by atoms with Crippen molar-refractivity contribution in [1.82, 2.24) is 9.55 Å². The fourth-order valence-corrected chi connectivity index (χ4v) is 1.23.